The molecule has 0 bridgehead atoms. The van der Waals surface area contributed by atoms with Crippen molar-refractivity contribution in [1.29, 1.82) is 0 Å². The maximum atomic E-state index is 9.39. The van der Waals surface area contributed by atoms with Crippen molar-refractivity contribution < 1.29 is 32.2 Å². The van der Waals surface area contributed by atoms with Crippen molar-refractivity contribution in [2.75, 3.05) is 7.11 Å². The summed E-state index contributed by atoms with van der Waals surface area (Å²) in [6.07, 6.45) is 7.66. The highest BCUT2D eigenvalue weighted by Crippen LogP contribution is 2.42. The molecule has 15 rings (SSSR count). The lowest BCUT2D eigenvalue weighted by molar-refractivity contribution is -0.571. The molecule has 8 nitrogen and oxygen atoms in total. The van der Waals surface area contributed by atoms with E-state index in [2.05, 4.69) is 101 Å². The van der Waals surface area contributed by atoms with Gasteiger partial charge in [0.15, 0.2) is 5.69 Å². The molecule has 14 aromatic rings. The Hall–Kier alpha value is -9.99. The monoisotopic (exact) mass is 1030 g/mol. The predicted octanol–water partition coefficient (Wildman–Crippen LogP) is 14.8. The number of benzene rings is 9. The molecule has 6 heterocycles. The van der Waals surface area contributed by atoms with Crippen LogP contribution >= 0.6 is 0 Å². The largest absolute Gasteiger partial charge is 0.653 e. The molecular formula is C70H52BN6O2+. The van der Waals surface area contributed by atoms with Crippen LogP contribution in [0.3, 0.4) is 0 Å². The minimum atomic E-state index is -0.627. The number of fused-ring (bicyclic) bond motifs is 8. The zero-order valence-electron chi connectivity index (χ0n) is 53.4. The van der Waals surface area contributed by atoms with Crippen molar-refractivity contribution in [3.05, 3.63) is 255 Å². The van der Waals surface area contributed by atoms with E-state index in [1.807, 2.05) is 108 Å². The van der Waals surface area contributed by atoms with Crippen molar-refractivity contribution in [3.8, 4) is 68.0 Å². The summed E-state index contributed by atoms with van der Waals surface area (Å²) in [7, 11) is 1.66. The lowest BCUT2D eigenvalue weighted by Crippen LogP contribution is -2.64. The third-order valence-corrected chi connectivity index (χ3v) is 15.3. The van der Waals surface area contributed by atoms with E-state index < -0.39 is 67.4 Å². The van der Waals surface area contributed by atoms with Gasteiger partial charge in [0.1, 0.15) is 34.8 Å². The number of methoxy groups -OCH3 is 1. The summed E-state index contributed by atoms with van der Waals surface area (Å²) in [5.74, 6) is 2.49. The molecule has 0 N–H and O–H groups in total. The Morgan fingerprint density at radius 2 is 1.23 bits per heavy atom. The molecule has 0 atom stereocenters. The number of nitrogens with zero attached hydrogens (tertiary/aromatic N) is 6. The van der Waals surface area contributed by atoms with E-state index >= 15 is 0 Å². The number of aromatic nitrogens is 6. The van der Waals surface area contributed by atoms with Gasteiger partial charge in [0, 0.05) is 50.9 Å². The molecule has 0 aliphatic carbocycles. The zero-order chi connectivity index (χ0) is 61.6. The van der Waals surface area contributed by atoms with E-state index in [0.717, 1.165) is 71.7 Å². The number of pyridine rings is 2. The maximum absolute atomic E-state index is 9.39. The smallest absolute Gasteiger partial charge is 0.496 e. The number of imidazole rings is 1. The Labute approximate surface area is 472 Å². The molecule has 1 aliphatic rings. The van der Waals surface area contributed by atoms with Crippen LogP contribution in [0.4, 0.5) is 0 Å². The molecule has 1 aliphatic heterocycles. The number of ether oxygens (including phenoxy) is 2. The molecule has 0 amide bonds. The number of rotatable bonds is 9. The second kappa shape index (κ2) is 18.1. The highest BCUT2D eigenvalue weighted by molar-refractivity contribution is 6.68. The van der Waals surface area contributed by atoms with Gasteiger partial charge in [0.05, 0.1) is 59.8 Å². The summed E-state index contributed by atoms with van der Waals surface area (Å²) in [5.41, 5.74) is 9.02. The Morgan fingerprint density at radius 1 is 0.582 bits per heavy atom. The highest BCUT2D eigenvalue weighted by Gasteiger charge is 2.45. The molecule has 0 saturated heterocycles. The summed E-state index contributed by atoms with van der Waals surface area (Å²) in [4.78, 5) is 4.93. The highest BCUT2D eigenvalue weighted by atomic mass is 16.5. The zero-order valence-corrected chi connectivity index (χ0v) is 43.4. The topological polar surface area (TPSA) is 53.9 Å². The van der Waals surface area contributed by atoms with Gasteiger partial charge in [0.25, 0.3) is 6.33 Å². The molecule has 9 aromatic carbocycles. The second-order valence-electron chi connectivity index (χ2n) is 20.8. The minimum Gasteiger partial charge on any atom is -0.496 e. The Bertz CT molecular complexity index is 5240. The van der Waals surface area contributed by atoms with Gasteiger partial charge in [-0.1, -0.05) is 166 Å². The fraction of sp³-hybridized carbons (Fsp3) is 0.0714. The first kappa shape index (κ1) is 36.9. The summed E-state index contributed by atoms with van der Waals surface area (Å²) in [6.45, 7) is 5.93. The quantitative estimate of drug-likeness (QED) is 0.0822. The van der Waals surface area contributed by atoms with Crippen molar-refractivity contribution in [2.45, 2.75) is 26.2 Å². The maximum Gasteiger partial charge on any atom is 0.653 e. The molecule has 0 fully saturated rings. The Morgan fingerprint density at radius 3 is 1.99 bits per heavy atom. The van der Waals surface area contributed by atoms with E-state index in [1.165, 1.54) is 0 Å². The molecule has 79 heavy (non-hydrogen) atoms. The number of hydrogen-bond acceptors (Lipinski definition) is 3. The van der Waals surface area contributed by atoms with E-state index in [1.54, 1.807) is 29.9 Å². The minimum absolute atomic E-state index is 0.131. The molecule has 0 radical (unpaired) electrons. The first-order valence-corrected chi connectivity index (χ1v) is 26.1. The predicted molar refractivity (Wildman–Crippen MR) is 320 cm³/mol. The first-order chi connectivity index (χ1) is 42.9. The van der Waals surface area contributed by atoms with E-state index in [0.29, 0.717) is 34.0 Å². The summed E-state index contributed by atoms with van der Waals surface area (Å²) >= 11 is 0. The molecule has 9 heteroatoms. The fourth-order valence-electron chi connectivity index (χ4n) is 11.8. The molecule has 5 aromatic heterocycles. The normalized spacial score (nSPS) is 14.1. The third kappa shape index (κ3) is 7.34. The van der Waals surface area contributed by atoms with Crippen LogP contribution in [0.1, 0.15) is 40.0 Å². The van der Waals surface area contributed by atoms with E-state index in [-0.39, 0.29) is 33.4 Å². The fourth-order valence-corrected chi connectivity index (χ4v) is 11.8. The summed E-state index contributed by atoms with van der Waals surface area (Å²) in [6, 6.07) is 50.2. The molecule has 376 valence electrons. The van der Waals surface area contributed by atoms with Crippen molar-refractivity contribution in [3.63, 3.8) is 0 Å². The van der Waals surface area contributed by atoms with Gasteiger partial charge in [-0.3, -0.25) is 18.2 Å². The summed E-state index contributed by atoms with van der Waals surface area (Å²) < 4.78 is 114. The van der Waals surface area contributed by atoms with Crippen LogP contribution in [0.25, 0.3) is 105 Å². The molecule has 0 spiro atoms. The van der Waals surface area contributed by atoms with Gasteiger partial charge in [-0.2, -0.15) is 0 Å². The standard InChI is InChI=1S/C70H52BN6O2/c1-70(2,3)48-39-40-72-66(42-48)76-60-30-14-11-24-53(60)55-35-33-49(43-63(55)76)79-50-34-37-58-64(44-50)74-45-73(67-51(46-20-7-5-8-21-46)27-19-28-52(67)47-22-9-6-10-23-47)62-38-36-56-54-25-12-15-31-61(54)77(68(56)69(62)74)71(58)75-41-18-17-29-59(75)57-26-13-16-32-65(57)78-4/h5-44H,1-4H3/q+1/i5D,6D,7D,8D,9D,10D,20D,21D,22D,23D. The Balaban J connectivity index is 1.05. The SMILES string of the molecule is [2H]c1c([2H])c([2H])c(-c2cccc(-c3c([2H])c([2H])c([2H])c([2H])c3[2H])c2-[n+]2[c-]n3c4c5c(ccc42)c2ccccc2n5B([n+]2ccccc2-c2ccccc2OC)c2ccc(Oc4ccc5c6ccccc6n(-c6cc(C(C)(C)C)ccn6)c5c4)cc2-3)c([2H])c1[2H]. The van der Waals surface area contributed by atoms with Crippen LogP contribution in [-0.2, 0) is 5.41 Å². The van der Waals surface area contributed by atoms with Crippen LogP contribution in [0.2, 0.25) is 0 Å². The lowest BCUT2D eigenvalue weighted by atomic mass is 9.65. The van der Waals surface area contributed by atoms with Crippen molar-refractivity contribution in [1.82, 2.24) is 18.6 Å². The van der Waals surface area contributed by atoms with Gasteiger partial charge in [-0.25, -0.2) is 4.98 Å². The summed E-state index contributed by atoms with van der Waals surface area (Å²) in [5, 5.41) is 3.94. The van der Waals surface area contributed by atoms with Gasteiger partial charge < -0.3 is 14.0 Å². The molecule has 0 saturated carbocycles. The average Bonchev–Trinajstić information content (AvgIpc) is 1.55. The van der Waals surface area contributed by atoms with Gasteiger partial charge in [-0.15, -0.1) is 0 Å². The van der Waals surface area contributed by atoms with Crippen LogP contribution in [-0.4, -0.2) is 32.7 Å². The number of hydrogen-bond donors (Lipinski definition) is 0. The third-order valence-electron chi connectivity index (χ3n) is 15.3. The lowest BCUT2D eigenvalue weighted by Gasteiger charge is -2.20. The van der Waals surface area contributed by atoms with Crippen LogP contribution in [0, 0.1) is 6.33 Å². The number of para-hydroxylation sites is 4. The van der Waals surface area contributed by atoms with Crippen molar-refractivity contribution in [2.24, 2.45) is 0 Å². The first-order valence-electron chi connectivity index (χ1n) is 31.1. The Kier molecular flexibility index (Phi) is 8.44. The van der Waals surface area contributed by atoms with E-state index in [9.17, 15) is 5.48 Å². The molecular weight excluding hydrogens is 968 g/mol. The van der Waals surface area contributed by atoms with Gasteiger partial charge >= 0.3 is 6.98 Å². The van der Waals surface area contributed by atoms with Crippen LogP contribution < -0.4 is 24.0 Å². The van der Waals surface area contributed by atoms with Crippen molar-refractivity contribution >= 4 is 67.1 Å². The van der Waals surface area contributed by atoms with Crippen LogP contribution in [0.15, 0.2) is 243 Å². The van der Waals surface area contributed by atoms with E-state index in [4.69, 9.17) is 22.7 Å². The van der Waals surface area contributed by atoms with Gasteiger partial charge in [-0.05, 0) is 106 Å². The van der Waals surface area contributed by atoms with Crippen LogP contribution in [0.5, 0.6) is 17.2 Å². The molecule has 0 unspecified atom stereocenters. The second-order valence-corrected chi connectivity index (χ2v) is 20.8. The average molecular weight is 1030 g/mol. The van der Waals surface area contributed by atoms with Gasteiger partial charge in [0.2, 0.25) is 0 Å².